The highest BCUT2D eigenvalue weighted by Gasteiger charge is 2.33. The van der Waals surface area contributed by atoms with Crippen LogP contribution in [-0.2, 0) is 19.2 Å². The van der Waals surface area contributed by atoms with Gasteiger partial charge in [-0.25, -0.2) is 4.79 Å². The van der Waals surface area contributed by atoms with Gasteiger partial charge in [-0.15, -0.1) is 0 Å². The summed E-state index contributed by atoms with van der Waals surface area (Å²) in [6.45, 7) is 6.05. The molecule has 0 aliphatic rings. The predicted octanol–water partition coefficient (Wildman–Crippen LogP) is -2.41. The molecule has 168 valence electrons. The Morgan fingerprint density at radius 2 is 1.41 bits per heavy atom. The highest BCUT2D eigenvalue weighted by molar-refractivity contribution is 7.80. The van der Waals surface area contributed by atoms with E-state index in [1.807, 2.05) is 0 Å². The summed E-state index contributed by atoms with van der Waals surface area (Å²) in [7, 11) is 0. The van der Waals surface area contributed by atoms with Gasteiger partial charge in [0, 0.05) is 5.75 Å². The summed E-state index contributed by atoms with van der Waals surface area (Å²) < 4.78 is 0. The highest BCUT2D eigenvalue weighted by atomic mass is 32.1. The summed E-state index contributed by atoms with van der Waals surface area (Å²) >= 11 is 4.00. The third-order valence-corrected chi connectivity index (χ3v) is 4.84. The second kappa shape index (κ2) is 12.6. The first-order valence-electron chi connectivity index (χ1n) is 9.23. The molecule has 0 fully saturated rings. The van der Waals surface area contributed by atoms with Crippen LogP contribution in [0.25, 0.3) is 0 Å². The van der Waals surface area contributed by atoms with Crippen LogP contribution in [0.4, 0.5) is 0 Å². The zero-order valence-electron chi connectivity index (χ0n) is 17.0. The molecule has 7 unspecified atom stereocenters. The summed E-state index contributed by atoms with van der Waals surface area (Å²) in [5.74, 6) is -4.19. The van der Waals surface area contributed by atoms with Crippen molar-refractivity contribution in [1.29, 1.82) is 0 Å². The fraction of sp³-hybridized carbons (Fsp3) is 0.765. The maximum Gasteiger partial charge on any atom is 0.328 e. The van der Waals surface area contributed by atoms with Crippen LogP contribution in [0.3, 0.4) is 0 Å². The van der Waals surface area contributed by atoms with E-state index in [4.69, 9.17) is 10.8 Å². The molecule has 0 aliphatic carbocycles. The molecule has 0 bridgehead atoms. The van der Waals surface area contributed by atoms with E-state index >= 15 is 0 Å². The van der Waals surface area contributed by atoms with Gasteiger partial charge in [-0.3, -0.25) is 14.4 Å². The molecule has 0 heterocycles. The Morgan fingerprint density at radius 1 is 0.897 bits per heavy atom. The molecule has 29 heavy (non-hydrogen) atoms. The van der Waals surface area contributed by atoms with Crippen molar-refractivity contribution in [3.05, 3.63) is 0 Å². The fourth-order valence-electron chi connectivity index (χ4n) is 2.27. The number of amides is 3. The highest BCUT2D eigenvalue weighted by Crippen LogP contribution is 2.09. The third kappa shape index (κ3) is 8.56. The molecule has 0 aromatic heterocycles. The Balaban J connectivity index is 5.31. The Kier molecular flexibility index (Phi) is 11.8. The summed E-state index contributed by atoms with van der Waals surface area (Å²) in [6, 6.07) is -5.04. The molecule has 0 radical (unpaired) electrons. The van der Waals surface area contributed by atoms with E-state index in [1.165, 1.54) is 13.8 Å². The summed E-state index contributed by atoms with van der Waals surface area (Å²) in [4.78, 5) is 48.3. The van der Waals surface area contributed by atoms with Crippen molar-refractivity contribution in [2.75, 3.05) is 5.75 Å². The Morgan fingerprint density at radius 3 is 1.79 bits per heavy atom. The average Bonchev–Trinajstić information content (AvgIpc) is 2.65. The topological polar surface area (TPSA) is 191 Å². The largest absolute Gasteiger partial charge is 0.480 e. The minimum atomic E-state index is -1.56. The molecule has 0 aromatic carbocycles. The number of hydrogen-bond donors (Lipinski definition) is 8. The quantitative estimate of drug-likeness (QED) is 0.155. The summed E-state index contributed by atoms with van der Waals surface area (Å²) in [6.07, 6.45) is -1.97. The van der Waals surface area contributed by atoms with Crippen molar-refractivity contribution in [3.8, 4) is 0 Å². The van der Waals surface area contributed by atoms with Crippen molar-refractivity contribution >= 4 is 36.3 Å². The van der Waals surface area contributed by atoms with E-state index in [0.717, 1.165) is 0 Å². The first-order valence-corrected chi connectivity index (χ1v) is 9.86. The van der Waals surface area contributed by atoms with Crippen LogP contribution in [0.5, 0.6) is 0 Å². The summed E-state index contributed by atoms with van der Waals surface area (Å²) in [5, 5.41) is 35.0. The number of nitrogens with two attached hydrogens (primary N) is 1. The number of carboxylic acid groups (broad SMARTS) is 1. The van der Waals surface area contributed by atoms with Gasteiger partial charge >= 0.3 is 5.97 Å². The van der Waals surface area contributed by atoms with E-state index in [2.05, 4.69) is 28.6 Å². The van der Waals surface area contributed by atoms with Crippen LogP contribution in [0.1, 0.15) is 34.1 Å². The molecular weight excluding hydrogens is 404 g/mol. The number of hydrogen-bond acceptors (Lipinski definition) is 8. The minimum absolute atomic E-state index is 0.155. The molecule has 0 spiro atoms. The van der Waals surface area contributed by atoms with E-state index in [-0.39, 0.29) is 11.7 Å². The maximum atomic E-state index is 12.7. The Bertz CT molecular complexity index is 588. The number of carboxylic acids is 1. The minimum Gasteiger partial charge on any atom is -0.480 e. The second-order valence-corrected chi connectivity index (χ2v) is 7.31. The zero-order chi connectivity index (χ0) is 22.9. The number of rotatable bonds is 12. The SMILES string of the molecule is CCC(C)C(NC(=O)C(N)C(C)O)C(=O)NC(CS)C(=O)NC(C(=O)O)C(C)O. The number of aliphatic carboxylic acids is 1. The van der Waals surface area contributed by atoms with Crippen molar-refractivity contribution in [1.82, 2.24) is 16.0 Å². The first-order chi connectivity index (χ1) is 13.4. The molecule has 0 saturated carbocycles. The van der Waals surface area contributed by atoms with Crippen molar-refractivity contribution < 1.29 is 34.5 Å². The predicted molar refractivity (Wildman–Crippen MR) is 108 cm³/mol. The van der Waals surface area contributed by atoms with Crippen LogP contribution >= 0.6 is 12.6 Å². The molecular formula is C17H32N4O7S. The Labute approximate surface area is 175 Å². The second-order valence-electron chi connectivity index (χ2n) is 6.95. The molecule has 7 atom stereocenters. The van der Waals surface area contributed by atoms with Gasteiger partial charge in [0.1, 0.15) is 18.1 Å². The maximum absolute atomic E-state index is 12.7. The lowest BCUT2D eigenvalue weighted by molar-refractivity contribution is -0.145. The molecule has 0 rings (SSSR count). The number of thiol groups is 1. The van der Waals surface area contributed by atoms with E-state index in [9.17, 15) is 29.4 Å². The Hall–Kier alpha value is -1.89. The van der Waals surface area contributed by atoms with Crippen LogP contribution < -0.4 is 21.7 Å². The fourth-order valence-corrected chi connectivity index (χ4v) is 2.53. The number of aliphatic hydroxyl groups excluding tert-OH is 2. The molecule has 11 nitrogen and oxygen atoms in total. The van der Waals surface area contributed by atoms with Crippen molar-refractivity contribution in [3.63, 3.8) is 0 Å². The normalized spacial score (nSPS) is 18.3. The van der Waals surface area contributed by atoms with E-state index < -0.39 is 60.1 Å². The number of aliphatic hydroxyl groups is 2. The van der Waals surface area contributed by atoms with Gasteiger partial charge in [-0.1, -0.05) is 20.3 Å². The van der Waals surface area contributed by atoms with Gasteiger partial charge in [0.15, 0.2) is 6.04 Å². The molecule has 0 aromatic rings. The molecule has 8 N–H and O–H groups in total. The van der Waals surface area contributed by atoms with Gasteiger partial charge in [0.05, 0.1) is 12.2 Å². The lowest BCUT2D eigenvalue weighted by Gasteiger charge is -2.28. The lowest BCUT2D eigenvalue weighted by atomic mass is 9.97. The molecule has 12 heteroatoms. The summed E-state index contributed by atoms with van der Waals surface area (Å²) in [5.41, 5.74) is 5.59. The van der Waals surface area contributed by atoms with Gasteiger partial charge in [-0.2, -0.15) is 12.6 Å². The van der Waals surface area contributed by atoms with E-state index in [0.29, 0.717) is 6.42 Å². The monoisotopic (exact) mass is 436 g/mol. The van der Waals surface area contributed by atoms with Gasteiger partial charge < -0.3 is 37.0 Å². The number of carbonyl (C=O) groups is 4. The van der Waals surface area contributed by atoms with Crippen LogP contribution in [0.2, 0.25) is 0 Å². The molecule has 0 aliphatic heterocycles. The van der Waals surface area contributed by atoms with Crippen LogP contribution in [0.15, 0.2) is 0 Å². The average molecular weight is 437 g/mol. The van der Waals surface area contributed by atoms with Gasteiger partial charge in [0.2, 0.25) is 17.7 Å². The number of carbonyl (C=O) groups excluding carboxylic acids is 3. The number of nitrogens with one attached hydrogen (secondary N) is 3. The first kappa shape index (κ1) is 27.1. The van der Waals surface area contributed by atoms with Crippen molar-refractivity contribution in [2.24, 2.45) is 11.7 Å². The van der Waals surface area contributed by atoms with Crippen LogP contribution in [-0.4, -0.2) is 81.1 Å². The molecule has 0 saturated heterocycles. The zero-order valence-corrected chi connectivity index (χ0v) is 17.8. The van der Waals surface area contributed by atoms with Crippen molar-refractivity contribution in [2.45, 2.75) is 70.5 Å². The molecule has 3 amide bonds. The third-order valence-electron chi connectivity index (χ3n) is 4.48. The standard InChI is InChI=1S/C17H32N4O7S/c1-5-7(2)12(20-15(25)11(18)8(3)22)16(26)19-10(6-29)14(24)21-13(9(4)23)17(27)28/h7-13,22-23,29H,5-6,18H2,1-4H3,(H,19,26)(H,20,25)(H,21,24)(H,27,28). The van der Waals surface area contributed by atoms with Crippen LogP contribution in [0, 0.1) is 5.92 Å². The van der Waals surface area contributed by atoms with E-state index in [1.54, 1.807) is 13.8 Å². The smallest absolute Gasteiger partial charge is 0.328 e. The van der Waals surface area contributed by atoms with Gasteiger partial charge in [0.25, 0.3) is 0 Å². The van der Waals surface area contributed by atoms with Gasteiger partial charge in [-0.05, 0) is 19.8 Å². The lowest BCUT2D eigenvalue weighted by Crippen LogP contribution is -2.60.